The Morgan fingerprint density at radius 1 is 1.05 bits per heavy atom. The summed E-state index contributed by atoms with van der Waals surface area (Å²) in [5.41, 5.74) is 0.279. The number of halogens is 4. The van der Waals surface area contributed by atoms with Gasteiger partial charge in [0.1, 0.15) is 17.5 Å². The highest BCUT2D eigenvalue weighted by atomic mass is 35.5. The van der Waals surface area contributed by atoms with E-state index < -0.39 is 23.5 Å². The SMILES string of the molecule is CCNC(Cc1ccc(Cl)cc1F)c1c(F)cccc1F. The zero-order valence-corrected chi connectivity index (χ0v) is 12.2. The summed E-state index contributed by atoms with van der Waals surface area (Å²) in [7, 11) is 0. The van der Waals surface area contributed by atoms with Gasteiger partial charge in [0, 0.05) is 16.6 Å². The Morgan fingerprint density at radius 3 is 2.29 bits per heavy atom. The van der Waals surface area contributed by atoms with Crippen molar-refractivity contribution in [1.29, 1.82) is 0 Å². The molecule has 0 saturated carbocycles. The summed E-state index contributed by atoms with van der Waals surface area (Å²) in [4.78, 5) is 0. The third kappa shape index (κ3) is 3.77. The van der Waals surface area contributed by atoms with Gasteiger partial charge < -0.3 is 5.32 Å². The number of hydrogen-bond donors (Lipinski definition) is 1. The molecule has 0 radical (unpaired) electrons. The second-order valence-corrected chi connectivity index (χ2v) is 5.12. The van der Waals surface area contributed by atoms with Crippen molar-refractivity contribution in [3.05, 3.63) is 70.0 Å². The van der Waals surface area contributed by atoms with Crippen molar-refractivity contribution in [2.45, 2.75) is 19.4 Å². The standard InChI is InChI=1S/C16H15ClF3N/c1-2-21-15(16-12(18)4-3-5-13(16)19)8-10-6-7-11(17)9-14(10)20/h3-7,9,15,21H,2,8H2,1H3. The largest absolute Gasteiger partial charge is 0.310 e. The van der Waals surface area contributed by atoms with Crippen molar-refractivity contribution in [2.24, 2.45) is 0 Å². The van der Waals surface area contributed by atoms with Crippen molar-refractivity contribution in [1.82, 2.24) is 5.32 Å². The molecule has 0 aromatic heterocycles. The molecule has 112 valence electrons. The molecule has 0 aliphatic carbocycles. The van der Waals surface area contributed by atoms with E-state index in [0.29, 0.717) is 12.1 Å². The summed E-state index contributed by atoms with van der Waals surface area (Å²) in [6.07, 6.45) is 0.134. The van der Waals surface area contributed by atoms with E-state index in [-0.39, 0.29) is 17.0 Å². The van der Waals surface area contributed by atoms with Crippen molar-refractivity contribution >= 4 is 11.6 Å². The Kier molecular flexibility index (Phi) is 5.26. The van der Waals surface area contributed by atoms with Crippen LogP contribution in [0.1, 0.15) is 24.1 Å². The summed E-state index contributed by atoms with van der Waals surface area (Å²) in [6.45, 7) is 2.33. The molecule has 2 rings (SSSR count). The molecular formula is C16H15ClF3N. The topological polar surface area (TPSA) is 12.0 Å². The molecule has 1 unspecified atom stereocenters. The maximum Gasteiger partial charge on any atom is 0.130 e. The number of nitrogens with one attached hydrogen (secondary N) is 1. The molecule has 0 heterocycles. The van der Waals surface area contributed by atoms with E-state index in [4.69, 9.17) is 11.6 Å². The summed E-state index contributed by atoms with van der Waals surface area (Å²) in [5.74, 6) is -1.77. The van der Waals surface area contributed by atoms with Crippen molar-refractivity contribution in [3.63, 3.8) is 0 Å². The van der Waals surface area contributed by atoms with E-state index in [1.54, 1.807) is 6.07 Å². The third-order valence-electron chi connectivity index (χ3n) is 3.24. The second kappa shape index (κ2) is 6.96. The first-order chi connectivity index (χ1) is 10.0. The van der Waals surface area contributed by atoms with Gasteiger partial charge in [0.15, 0.2) is 0 Å². The lowest BCUT2D eigenvalue weighted by atomic mass is 9.97. The van der Waals surface area contributed by atoms with Crippen LogP contribution in [0.25, 0.3) is 0 Å². The van der Waals surface area contributed by atoms with Crippen LogP contribution in [0.2, 0.25) is 5.02 Å². The van der Waals surface area contributed by atoms with E-state index in [0.717, 1.165) is 0 Å². The maximum atomic E-state index is 13.9. The zero-order chi connectivity index (χ0) is 15.4. The predicted octanol–water partition coefficient (Wildman–Crippen LogP) is 4.65. The highest BCUT2D eigenvalue weighted by molar-refractivity contribution is 6.30. The smallest absolute Gasteiger partial charge is 0.130 e. The van der Waals surface area contributed by atoms with Crippen molar-refractivity contribution in [3.8, 4) is 0 Å². The quantitative estimate of drug-likeness (QED) is 0.847. The fraction of sp³-hybridized carbons (Fsp3) is 0.250. The Bertz CT molecular complexity index is 611. The highest BCUT2D eigenvalue weighted by Crippen LogP contribution is 2.26. The number of benzene rings is 2. The van der Waals surface area contributed by atoms with Gasteiger partial charge in [-0.1, -0.05) is 30.7 Å². The zero-order valence-electron chi connectivity index (χ0n) is 11.5. The molecule has 0 spiro atoms. The van der Waals surface area contributed by atoms with Gasteiger partial charge >= 0.3 is 0 Å². The summed E-state index contributed by atoms with van der Waals surface area (Å²) < 4.78 is 41.7. The fourth-order valence-corrected chi connectivity index (χ4v) is 2.43. The molecule has 2 aromatic rings. The van der Waals surface area contributed by atoms with E-state index in [1.165, 1.54) is 30.3 Å². The minimum absolute atomic E-state index is 0.0753. The molecule has 1 N–H and O–H groups in total. The lowest BCUT2D eigenvalue weighted by Gasteiger charge is -2.20. The van der Waals surface area contributed by atoms with E-state index in [9.17, 15) is 13.2 Å². The van der Waals surface area contributed by atoms with Crippen LogP contribution in [0.15, 0.2) is 36.4 Å². The third-order valence-corrected chi connectivity index (χ3v) is 3.47. The second-order valence-electron chi connectivity index (χ2n) is 4.69. The Balaban J connectivity index is 2.35. The van der Waals surface area contributed by atoms with Crippen molar-refractivity contribution in [2.75, 3.05) is 6.54 Å². The van der Waals surface area contributed by atoms with E-state index in [1.807, 2.05) is 6.92 Å². The molecule has 0 aliphatic rings. The summed E-state index contributed by atoms with van der Waals surface area (Å²) >= 11 is 5.71. The predicted molar refractivity (Wildman–Crippen MR) is 77.9 cm³/mol. The van der Waals surface area contributed by atoms with Gasteiger partial charge in [0.05, 0.1) is 0 Å². The first kappa shape index (κ1) is 15.9. The molecule has 0 fully saturated rings. The monoisotopic (exact) mass is 313 g/mol. The van der Waals surface area contributed by atoms with Gasteiger partial charge in [-0.15, -0.1) is 0 Å². The Labute approximate surface area is 126 Å². The molecule has 5 heteroatoms. The van der Waals surface area contributed by atoms with Crippen LogP contribution >= 0.6 is 11.6 Å². The minimum Gasteiger partial charge on any atom is -0.310 e. The molecule has 0 aliphatic heterocycles. The number of hydrogen-bond acceptors (Lipinski definition) is 1. The first-order valence-corrected chi connectivity index (χ1v) is 7.02. The van der Waals surface area contributed by atoms with Crippen LogP contribution in [0, 0.1) is 17.5 Å². The lowest BCUT2D eigenvalue weighted by molar-refractivity contribution is 0.466. The number of rotatable bonds is 5. The minimum atomic E-state index is -0.646. The molecule has 21 heavy (non-hydrogen) atoms. The van der Waals surface area contributed by atoms with Gasteiger partial charge in [-0.2, -0.15) is 0 Å². The summed E-state index contributed by atoms with van der Waals surface area (Å²) in [5, 5.41) is 3.28. The fourth-order valence-electron chi connectivity index (χ4n) is 2.27. The molecule has 0 saturated heterocycles. The normalized spacial score (nSPS) is 12.4. The van der Waals surface area contributed by atoms with Gasteiger partial charge in [-0.05, 0) is 42.8 Å². The molecule has 1 atom stereocenters. The van der Waals surface area contributed by atoms with Crippen LogP contribution in [0.4, 0.5) is 13.2 Å². The van der Waals surface area contributed by atoms with Crippen LogP contribution in [0.5, 0.6) is 0 Å². The summed E-state index contributed by atoms with van der Waals surface area (Å²) in [6, 6.07) is 7.33. The molecule has 0 amide bonds. The van der Waals surface area contributed by atoms with Crippen LogP contribution in [-0.2, 0) is 6.42 Å². The number of likely N-dealkylation sites (N-methyl/N-ethyl adjacent to an activating group) is 1. The molecule has 0 bridgehead atoms. The highest BCUT2D eigenvalue weighted by Gasteiger charge is 2.21. The van der Waals surface area contributed by atoms with Gasteiger partial charge in [0.25, 0.3) is 0 Å². The van der Waals surface area contributed by atoms with Crippen molar-refractivity contribution < 1.29 is 13.2 Å². The molecule has 2 aromatic carbocycles. The van der Waals surface area contributed by atoms with Crippen LogP contribution < -0.4 is 5.32 Å². The van der Waals surface area contributed by atoms with E-state index in [2.05, 4.69) is 5.32 Å². The maximum absolute atomic E-state index is 13.9. The van der Waals surface area contributed by atoms with Crippen LogP contribution in [0.3, 0.4) is 0 Å². The molecular weight excluding hydrogens is 299 g/mol. The average molecular weight is 314 g/mol. The lowest BCUT2D eigenvalue weighted by Crippen LogP contribution is -2.25. The first-order valence-electron chi connectivity index (χ1n) is 6.64. The van der Waals surface area contributed by atoms with Gasteiger partial charge in [-0.25, -0.2) is 13.2 Å². The average Bonchev–Trinajstić information content (AvgIpc) is 2.41. The van der Waals surface area contributed by atoms with Crippen LogP contribution in [-0.4, -0.2) is 6.54 Å². The van der Waals surface area contributed by atoms with Gasteiger partial charge in [0.2, 0.25) is 0 Å². The Morgan fingerprint density at radius 2 is 1.71 bits per heavy atom. The Hall–Kier alpha value is -1.52. The van der Waals surface area contributed by atoms with E-state index >= 15 is 0 Å². The molecule has 1 nitrogen and oxygen atoms in total. The van der Waals surface area contributed by atoms with Gasteiger partial charge in [-0.3, -0.25) is 0 Å².